The van der Waals surface area contributed by atoms with Gasteiger partial charge in [-0.2, -0.15) is 0 Å². The van der Waals surface area contributed by atoms with E-state index in [0.29, 0.717) is 5.92 Å². The first-order valence-electron chi connectivity index (χ1n) is 7.87. The quantitative estimate of drug-likeness (QED) is 0.914. The zero-order valence-electron chi connectivity index (χ0n) is 12.8. The largest absolute Gasteiger partial charge is 0.370 e. The lowest BCUT2D eigenvalue weighted by atomic mass is 10.0. The SMILES string of the molecule is CCCc1nc(NCC)cc(C2CCc3cccnc32)n1. The van der Waals surface area contributed by atoms with Gasteiger partial charge in [0.25, 0.3) is 0 Å². The number of rotatable bonds is 5. The number of aryl methyl sites for hydroxylation is 2. The van der Waals surface area contributed by atoms with Gasteiger partial charge >= 0.3 is 0 Å². The third-order valence-corrected chi connectivity index (χ3v) is 3.94. The predicted octanol–water partition coefficient (Wildman–Crippen LogP) is 3.33. The van der Waals surface area contributed by atoms with Crippen LogP contribution in [0.1, 0.15) is 55.4 Å². The van der Waals surface area contributed by atoms with E-state index >= 15 is 0 Å². The Morgan fingerprint density at radius 1 is 1.29 bits per heavy atom. The average Bonchev–Trinajstić information content (AvgIpc) is 2.92. The van der Waals surface area contributed by atoms with Gasteiger partial charge < -0.3 is 5.32 Å². The minimum absolute atomic E-state index is 0.317. The predicted molar refractivity (Wildman–Crippen MR) is 84.6 cm³/mol. The third kappa shape index (κ3) is 2.89. The molecule has 1 aliphatic rings. The van der Waals surface area contributed by atoms with Crippen LogP contribution in [0.25, 0.3) is 0 Å². The maximum atomic E-state index is 4.80. The first kappa shape index (κ1) is 14.0. The summed E-state index contributed by atoms with van der Waals surface area (Å²) in [5, 5.41) is 3.32. The van der Waals surface area contributed by atoms with Crippen LogP contribution in [0.2, 0.25) is 0 Å². The van der Waals surface area contributed by atoms with Crippen molar-refractivity contribution >= 4 is 5.82 Å². The van der Waals surface area contributed by atoms with Crippen molar-refractivity contribution in [1.82, 2.24) is 15.0 Å². The molecular weight excluding hydrogens is 260 g/mol. The Kier molecular flexibility index (Phi) is 4.13. The fourth-order valence-electron chi connectivity index (χ4n) is 3.00. The highest BCUT2D eigenvalue weighted by molar-refractivity contribution is 5.42. The van der Waals surface area contributed by atoms with Gasteiger partial charge in [-0.25, -0.2) is 9.97 Å². The van der Waals surface area contributed by atoms with Crippen LogP contribution in [-0.4, -0.2) is 21.5 Å². The number of nitrogens with zero attached hydrogens (tertiary/aromatic N) is 3. The highest BCUT2D eigenvalue weighted by atomic mass is 15.0. The number of anilines is 1. The molecule has 3 rings (SSSR count). The van der Waals surface area contributed by atoms with Gasteiger partial charge in [0.15, 0.2) is 0 Å². The van der Waals surface area contributed by atoms with Gasteiger partial charge in [0.2, 0.25) is 0 Å². The first-order valence-corrected chi connectivity index (χ1v) is 7.87. The Balaban J connectivity index is 1.98. The molecule has 0 radical (unpaired) electrons. The lowest BCUT2D eigenvalue weighted by Gasteiger charge is -2.13. The molecular formula is C17H22N4. The number of nitrogens with one attached hydrogen (secondary N) is 1. The van der Waals surface area contributed by atoms with Crippen molar-refractivity contribution in [3.8, 4) is 0 Å². The van der Waals surface area contributed by atoms with Crippen LogP contribution in [0.3, 0.4) is 0 Å². The fraction of sp³-hybridized carbons (Fsp3) is 0.471. The molecule has 1 atom stereocenters. The van der Waals surface area contributed by atoms with Gasteiger partial charge in [0, 0.05) is 31.1 Å². The van der Waals surface area contributed by atoms with Gasteiger partial charge in [0.1, 0.15) is 11.6 Å². The lowest BCUT2D eigenvalue weighted by molar-refractivity contribution is 0.721. The molecule has 110 valence electrons. The van der Waals surface area contributed by atoms with E-state index in [2.05, 4.69) is 41.3 Å². The molecule has 2 heterocycles. The fourth-order valence-corrected chi connectivity index (χ4v) is 3.00. The van der Waals surface area contributed by atoms with Gasteiger partial charge in [-0.1, -0.05) is 13.0 Å². The lowest BCUT2D eigenvalue weighted by Crippen LogP contribution is -2.09. The minimum atomic E-state index is 0.317. The molecule has 21 heavy (non-hydrogen) atoms. The van der Waals surface area contributed by atoms with Crippen LogP contribution < -0.4 is 5.32 Å². The summed E-state index contributed by atoms with van der Waals surface area (Å²) in [4.78, 5) is 14.0. The summed E-state index contributed by atoms with van der Waals surface area (Å²) in [6, 6.07) is 6.30. The van der Waals surface area contributed by atoms with Crippen LogP contribution in [0.4, 0.5) is 5.82 Å². The monoisotopic (exact) mass is 282 g/mol. The smallest absolute Gasteiger partial charge is 0.131 e. The van der Waals surface area contributed by atoms with Crippen LogP contribution in [-0.2, 0) is 12.8 Å². The van der Waals surface area contributed by atoms with Crippen molar-refractivity contribution in [3.63, 3.8) is 0 Å². The van der Waals surface area contributed by atoms with Gasteiger partial charge in [-0.05, 0) is 37.8 Å². The Bertz CT molecular complexity index is 600. The number of hydrogen-bond acceptors (Lipinski definition) is 4. The van der Waals surface area contributed by atoms with Crippen LogP contribution >= 0.6 is 0 Å². The molecule has 0 amide bonds. The number of fused-ring (bicyclic) bond motifs is 1. The van der Waals surface area contributed by atoms with Crippen molar-refractivity contribution < 1.29 is 0 Å². The standard InChI is InChI=1S/C17H22N4/c1-3-6-15-20-14(11-16(21-15)18-4-2)13-9-8-12-7-5-10-19-17(12)13/h5,7,10-11,13H,3-4,6,8-9H2,1-2H3,(H,18,20,21). The van der Waals surface area contributed by atoms with Crippen molar-refractivity contribution in [3.05, 3.63) is 47.2 Å². The summed E-state index contributed by atoms with van der Waals surface area (Å²) >= 11 is 0. The Morgan fingerprint density at radius 3 is 3.00 bits per heavy atom. The highest BCUT2D eigenvalue weighted by Gasteiger charge is 2.27. The summed E-state index contributed by atoms with van der Waals surface area (Å²) in [7, 11) is 0. The van der Waals surface area contributed by atoms with E-state index in [0.717, 1.165) is 49.6 Å². The molecule has 0 aromatic carbocycles. The molecule has 0 saturated heterocycles. The van der Waals surface area contributed by atoms with Crippen molar-refractivity contribution in [1.29, 1.82) is 0 Å². The Hall–Kier alpha value is -1.97. The van der Waals surface area contributed by atoms with Crippen LogP contribution in [0, 0.1) is 0 Å². The van der Waals surface area contributed by atoms with Crippen molar-refractivity contribution in [2.24, 2.45) is 0 Å². The second kappa shape index (κ2) is 6.20. The summed E-state index contributed by atoms with van der Waals surface area (Å²) in [6.07, 6.45) is 6.07. The third-order valence-electron chi connectivity index (χ3n) is 3.94. The first-order chi connectivity index (χ1) is 10.3. The number of pyridine rings is 1. The van der Waals surface area contributed by atoms with Crippen molar-refractivity contribution in [2.75, 3.05) is 11.9 Å². The number of hydrogen-bond donors (Lipinski definition) is 1. The highest BCUT2D eigenvalue weighted by Crippen LogP contribution is 2.36. The number of aromatic nitrogens is 3. The maximum absolute atomic E-state index is 4.80. The van der Waals surface area contributed by atoms with E-state index in [-0.39, 0.29) is 0 Å². The molecule has 2 aromatic rings. The van der Waals surface area contributed by atoms with Gasteiger partial charge in [0.05, 0.1) is 11.4 Å². The van der Waals surface area contributed by atoms with E-state index in [1.54, 1.807) is 0 Å². The van der Waals surface area contributed by atoms with E-state index < -0.39 is 0 Å². The molecule has 4 nitrogen and oxygen atoms in total. The summed E-state index contributed by atoms with van der Waals surface area (Å²) in [5.74, 6) is 2.20. The maximum Gasteiger partial charge on any atom is 0.131 e. The van der Waals surface area contributed by atoms with Gasteiger partial charge in [-0.15, -0.1) is 0 Å². The zero-order valence-corrected chi connectivity index (χ0v) is 12.8. The molecule has 4 heteroatoms. The minimum Gasteiger partial charge on any atom is -0.370 e. The molecule has 2 aromatic heterocycles. The second-order valence-electron chi connectivity index (χ2n) is 5.51. The topological polar surface area (TPSA) is 50.7 Å². The molecule has 0 saturated carbocycles. The summed E-state index contributed by atoms with van der Waals surface area (Å²) in [5.41, 5.74) is 3.67. The average molecular weight is 282 g/mol. The normalized spacial score (nSPS) is 16.8. The van der Waals surface area contributed by atoms with E-state index in [1.165, 1.54) is 11.3 Å². The Morgan fingerprint density at radius 2 is 2.19 bits per heavy atom. The molecule has 1 aliphatic carbocycles. The van der Waals surface area contributed by atoms with Crippen LogP contribution in [0.5, 0.6) is 0 Å². The molecule has 0 bridgehead atoms. The zero-order chi connectivity index (χ0) is 14.7. The van der Waals surface area contributed by atoms with E-state index in [1.807, 2.05) is 12.3 Å². The van der Waals surface area contributed by atoms with E-state index in [4.69, 9.17) is 4.98 Å². The van der Waals surface area contributed by atoms with Crippen LogP contribution in [0.15, 0.2) is 24.4 Å². The second-order valence-corrected chi connectivity index (χ2v) is 5.51. The summed E-state index contributed by atoms with van der Waals surface area (Å²) < 4.78 is 0. The van der Waals surface area contributed by atoms with Crippen molar-refractivity contribution in [2.45, 2.75) is 45.4 Å². The molecule has 0 spiro atoms. The molecule has 1 N–H and O–H groups in total. The van der Waals surface area contributed by atoms with Gasteiger partial charge in [-0.3, -0.25) is 4.98 Å². The summed E-state index contributed by atoms with van der Waals surface area (Å²) in [6.45, 7) is 5.13. The molecule has 0 fully saturated rings. The molecule has 1 unspecified atom stereocenters. The molecule has 0 aliphatic heterocycles. The Labute approximate surface area is 126 Å². The van der Waals surface area contributed by atoms with E-state index in [9.17, 15) is 0 Å².